The molecule has 0 radical (unpaired) electrons. The molecule has 0 spiro atoms. The molecule has 0 bridgehead atoms. The number of hydrogen-bond acceptors (Lipinski definition) is 3. The molecule has 1 aromatic carbocycles. The minimum absolute atomic E-state index is 0.558. The lowest BCUT2D eigenvalue weighted by molar-refractivity contribution is 0.648. The van der Waals surface area contributed by atoms with Gasteiger partial charge in [-0.25, -0.2) is 4.68 Å². The highest BCUT2D eigenvalue weighted by molar-refractivity contribution is 6.42. The second-order valence-corrected chi connectivity index (χ2v) is 5.22. The number of aromatic nitrogens is 3. The van der Waals surface area contributed by atoms with Crippen LogP contribution in [0.2, 0.25) is 10.0 Å². The fourth-order valence-electron chi connectivity index (χ4n) is 1.81. The van der Waals surface area contributed by atoms with Crippen LogP contribution in [0.25, 0.3) is 0 Å². The lowest BCUT2D eigenvalue weighted by Gasteiger charge is -2.02. The predicted molar refractivity (Wildman–Crippen MR) is 77.6 cm³/mol. The zero-order valence-electron chi connectivity index (χ0n) is 10.5. The molecule has 2 N–H and O–H groups in total. The molecule has 0 fully saturated rings. The van der Waals surface area contributed by atoms with E-state index in [0.29, 0.717) is 16.6 Å². The van der Waals surface area contributed by atoms with E-state index >= 15 is 0 Å². The van der Waals surface area contributed by atoms with E-state index in [1.165, 1.54) is 0 Å². The monoisotopic (exact) mass is 298 g/mol. The Labute approximate surface area is 122 Å². The van der Waals surface area contributed by atoms with Crippen molar-refractivity contribution in [2.24, 2.45) is 5.73 Å². The van der Waals surface area contributed by atoms with Crippen molar-refractivity contribution >= 4 is 23.2 Å². The Morgan fingerprint density at radius 2 is 2.00 bits per heavy atom. The van der Waals surface area contributed by atoms with Crippen molar-refractivity contribution in [3.05, 3.63) is 45.7 Å². The predicted octanol–water partition coefficient (Wildman–Crippen LogP) is 2.91. The van der Waals surface area contributed by atoms with Crippen molar-refractivity contribution in [1.82, 2.24) is 15.0 Å². The molecule has 4 nitrogen and oxygen atoms in total. The van der Waals surface area contributed by atoms with Crippen LogP contribution in [0.1, 0.15) is 24.1 Å². The van der Waals surface area contributed by atoms with Gasteiger partial charge in [-0.05, 0) is 43.5 Å². The molecule has 1 aromatic heterocycles. The zero-order chi connectivity index (χ0) is 13.7. The number of hydrogen-bond donors (Lipinski definition) is 1. The van der Waals surface area contributed by atoms with Crippen molar-refractivity contribution in [2.75, 3.05) is 6.54 Å². The molecule has 0 aliphatic rings. The number of nitrogens with two attached hydrogens (primary N) is 1. The average molecular weight is 299 g/mol. The quantitative estimate of drug-likeness (QED) is 0.834. The maximum absolute atomic E-state index is 5.98. The average Bonchev–Trinajstić information content (AvgIpc) is 2.82. The van der Waals surface area contributed by atoms with Crippen molar-refractivity contribution in [2.45, 2.75) is 25.8 Å². The van der Waals surface area contributed by atoms with Gasteiger partial charge in [-0.3, -0.25) is 0 Å². The van der Waals surface area contributed by atoms with Gasteiger partial charge in [0.1, 0.15) is 0 Å². The maximum atomic E-state index is 5.98. The van der Waals surface area contributed by atoms with Crippen LogP contribution in [0.15, 0.2) is 24.4 Å². The highest BCUT2D eigenvalue weighted by atomic mass is 35.5. The van der Waals surface area contributed by atoms with Crippen molar-refractivity contribution < 1.29 is 0 Å². The topological polar surface area (TPSA) is 56.7 Å². The first-order chi connectivity index (χ1) is 9.19. The number of aryl methyl sites for hydroxylation is 1. The highest BCUT2D eigenvalue weighted by Gasteiger charge is 2.03. The van der Waals surface area contributed by atoms with Gasteiger partial charge in [-0.15, -0.1) is 5.10 Å². The molecule has 0 unspecified atom stereocenters. The van der Waals surface area contributed by atoms with E-state index in [-0.39, 0.29) is 0 Å². The number of nitrogens with zero attached hydrogens (tertiary/aromatic N) is 3. The second-order valence-electron chi connectivity index (χ2n) is 4.40. The van der Waals surface area contributed by atoms with E-state index in [1.54, 1.807) is 10.7 Å². The van der Waals surface area contributed by atoms with E-state index in [4.69, 9.17) is 28.9 Å². The molecular formula is C13H16Cl2N4. The zero-order valence-corrected chi connectivity index (χ0v) is 12.0. The number of unbranched alkanes of at least 4 members (excludes halogenated alkanes) is 1. The van der Waals surface area contributed by atoms with Gasteiger partial charge >= 0.3 is 0 Å². The third kappa shape index (κ3) is 4.20. The minimum atomic E-state index is 0.558. The van der Waals surface area contributed by atoms with Crippen LogP contribution in [0, 0.1) is 0 Å². The molecule has 0 saturated heterocycles. The Morgan fingerprint density at radius 3 is 2.74 bits per heavy atom. The number of benzene rings is 1. The summed E-state index contributed by atoms with van der Waals surface area (Å²) in [6, 6.07) is 5.57. The van der Waals surface area contributed by atoms with E-state index in [9.17, 15) is 0 Å². The molecule has 0 saturated carbocycles. The summed E-state index contributed by atoms with van der Waals surface area (Å²) in [6.45, 7) is 1.36. The fraction of sp³-hybridized carbons (Fsp3) is 0.385. The minimum Gasteiger partial charge on any atom is -0.330 e. The van der Waals surface area contributed by atoms with Crippen LogP contribution < -0.4 is 5.73 Å². The van der Waals surface area contributed by atoms with E-state index in [1.807, 2.05) is 18.3 Å². The molecule has 1 heterocycles. The summed E-state index contributed by atoms with van der Waals surface area (Å²) in [5, 5.41) is 9.36. The first-order valence-corrected chi connectivity index (χ1v) is 6.97. The Balaban J connectivity index is 1.97. The van der Waals surface area contributed by atoms with Gasteiger partial charge in [0.15, 0.2) is 0 Å². The summed E-state index contributed by atoms with van der Waals surface area (Å²) >= 11 is 11.9. The summed E-state index contributed by atoms with van der Waals surface area (Å²) in [6.07, 6.45) is 4.93. The van der Waals surface area contributed by atoms with E-state index in [2.05, 4.69) is 10.3 Å². The van der Waals surface area contributed by atoms with Crippen LogP contribution in [0.4, 0.5) is 0 Å². The number of halogens is 2. The standard InChI is InChI=1S/C13H16Cl2N4/c14-12-5-4-10(7-13(12)15)8-19-9-11(17-18-19)3-1-2-6-16/h4-5,7,9H,1-3,6,8,16H2. The Morgan fingerprint density at radius 1 is 1.16 bits per heavy atom. The lowest BCUT2D eigenvalue weighted by atomic mass is 10.2. The Kier molecular flexibility index (Phi) is 5.19. The first-order valence-electron chi connectivity index (χ1n) is 6.22. The largest absolute Gasteiger partial charge is 0.330 e. The molecule has 0 amide bonds. The van der Waals surface area contributed by atoms with E-state index < -0.39 is 0 Å². The third-order valence-electron chi connectivity index (χ3n) is 2.80. The van der Waals surface area contributed by atoms with Crippen LogP contribution in [0.3, 0.4) is 0 Å². The van der Waals surface area contributed by atoms with Crippen molar-refractivity contribution in [3.8, 4) is 0 Å². The summed E-state index contributed by atoms with van der Waals surface area (Å²) in [5.74, 6) is 0. The van der Waals surface area contributed by atoms with Crippen LogP contribution in [0.5, 0.6) is 0 Å². The highest BCUT2D eigenvalue weighted by Crippen LogP contribution is 2.22. The second kappa shape index (κ2) is 6.89. The summed E-state index contributed by atoms with van der Waals surface area (Å²) < 4.78 is 1.80. The Hall–Kier alpha value is -1.10. The normalized spacial score (nSPS) is 10.9. The SMILES string of the molecule is NCCCCc1cn(Cc2ccc(Cl)c(Cl)c2)nn1. The van der Waals surface area contributed by atoms with Crippen molar-refractivity contribution in [3.63, 3.8) is 0 Å². The molecule has 19 heavy (non-hydrogen) atoms. The van der Waals surface area contributed by atoms with Gasteiger partial charge in [0.25, 0.3) is 0 Å². The van der Waals surface area contributed by atoms with Crippen LogP contribution >= 0.6 is 23.2 Å². The van der Waals surface area contributed by atoms with Gasteiger partial charge < -0.3 is 5.73 Å². The molecule has 0 atom stereocenters. The van der Waals surface area contributed by atoms with E-state index in [0.717, 1.165) is 37.1 Å². The first kappa shape index (κ1) is 14.3. The summed E-state index contributed by atoms with van der Waals surface area (Å²) in [4.78, 5) is 0. The molecule has 0 aliphatic carbocycles. The lowest BCUT2D eigenvalue weighted by Crippen LogP contribution is -2.00. The van der Waals surface area contributed by atoms with Gasteiger partial charge in [-0.2, -0.15) is 0 Å². The van der Waals surface area contributed by atoms with Gasteiger partial charge in [0.2, 0.25) is 0 Å². The molecule has 6 heteroatoms. The fourth-order valence-corrected chi connectivity index (χ4v) is 2.13. The summed E-state index contributed by atoms with van der Waals surface area (Å²) in [5.41, 5.74) is 7.50. The van der Waals surface area contributed by atoms with Crippen LogP contribution in [-0.2, 0) is 13.0 Å². The smallest absolute Gasteiger partial charge is 0.0827 e. The maximum Gasteiger partial charge on any atom is 0.0827 e. The molecular weight excluding hydrogens is 283 g/mol. The van der Waals surface area contributed by atoms with Crippen molar-refractivity contribution in [1.29, 1.82) is 0 Å². The number of rotatable bonds is 6. The van der Waals surface area contributed by atoms with Gasteiger partial charge in [-0.1, -0.05) is 34.5 Å². The molecule has 2 aromatic rings. The van der Waals surface area contributed by atoms with Gasteiger partial charge in [0.05, 0.1) is 22.3 Å². The third-order valence-corrected chi connectivity index (χ3v) is 3.54. The van der Waals surface area contributed by atoms with Crippen LogP contribution in [-0.4, -0.2) is 21.5 Å². The Bertz CT molecular complexity index is 539. The van der Waals surface area contributed by atoms with Gasteiger partial charge in [0, 0.05) is 6.20 Å². The molecule has 2 rings (SSSR count). The molecule has 102 valence electrons. The molecule has 0 aliphatic heterocycles. The summed E-state index contributed by atoms with van der Waals surface area (Å²) in [7, 11) is 0.